The second-order valence-electron chi connectivity index (χ2n) is 6.60. The fraction of sp³-hybridized carbons (Fsp3) is 0.316. The first-order valence-corrected chi connectivity index (χ1v) is 8.45. The second kappa shape index (κ2) is 6.20. The molecule has 1 N–H and O–H groups in total. The van der Waals surface area contributed by atoms with E-state index in [2.05, 4.69) is 15.4 Å². The molecule has 2 aromatic heterocycles. The Kier molecular flexibility index (Phi) is 3.87. The van der Waals surface area contributed by atoms with Crippen molar-refractivity contribution in [3.05, 3.63) is 53.9 Å². The van der Waals surface area contributed by atoms with Crippen molar-refractivity contribution in [2.45, 2.75) is 26.2 Å². The first-order valence-electron chi connectivity index (χ1n) is 8.45. The first kappa shape index (κ1) is 15.6. The lowest BCUT2D eigenvalue weighted by atomic mass is 10.1. The Hall–Kier alpha value is -2.89. The van der Waals surface area contributed by atoms with Crippen molar-refractivity contribution in [3.63, 3.8) is 0 Å². The Morgan fingerprint density at radius 1 is 1.36 bits per heavy atom. The van der Waals surface area contributed by atoms with Crippen LogP contribution in [0.25, 0.3) is 11.3 Å². The number of hydrogen-bond donors (Lipinski definition) is 1. The molecule has 1 aliphatic rings. The summed E-state index contributed by atoms with van der Waals surface area (Å²) in [7, 11) is 1.89. The monoisotopic (exact) mass is 336 g/mol. The van der Waals surface area contributed by atoms with Gasteiger partial charge in [0, 0.05) is 30.9 Å². The number of rotatable bonds is 5. The summed E-state index contributed by atoms with van der Waals surface area (Å²) >= 11 is 0. The van der Waals surface area contributed by atoms with Crippen LogP contribution < -0.4 is 5.32 Å². The average molecular weight is 336 g/mol. The molecule has 6 nitrogen and oxygen atoms in total. The highest BCUT2D eigenvalue weighted by Crippen LogP contribution is 2.32. The molecule has 128 valence electrons. The van der Waals surface area contributed by atoms with Gasteiger partial charge in [0.1, 0.15) is 6.26 Å². The number of hydrogen-bond acceptors (Lipinski definition) is 4. The zero-order valence-electron chi connectivity index (χ0n) is 14.3. The molecule has 0 spiro atoms. The van der Waals surface area contributed by atoms with Gasteiger partial charge in [-0.05, 0) is 43.4 Å². The summed E-state index contributed by atoms with van der Waals surface area (Å²) in [6, 6.07) is 7.90. The van der Waals surface area contributed by atoms with E-state index in [1.54, 1.807) is 10.9 Å². The van der Waals surface area contributed by atoms with E-state index in [4.69, 9.17) is 4.42 Å². The van der Waals surface area contributed by atoms with Gasteiger partial charge in [0.15, 0.2) is 11.6 Å². The molecular weight excluding hydrogens is 316 g/mol. The maximum Gasteiger partial charge on any atom is 0.277 e. The smallest absolute Gasteiger partial charge is 0.277 e. The maximum absolute atomic E-state index is 12.5. The Morgan fingerprint density at radius 3 is 2.92 bits per heavy atom. The molecule has 25 heavy (non-hydrogen) atoms. The van der Waals surface area contributed by atoms with E-state index in [0.717, 1.165) is 28.9 Å². The summed E-state index contributed by atoms with van der Waals surface area (Å²) in [5.74, 6) is 1.07. The molecule has 1 saturated carbocycles. The first-order chi connectivity index (χ1) is 12.1. The number of nitrogens with one attached hydrogen (secondary N) is 1. The Morgan fingerprint density at radius 2 is 2.20 bits per heavy atom. The molecule has 0 aliphatic heterocycles. The zero-order valence-corrected chi connectivity index (χ0v) is 14.3. The molecule has 3 aromatic rings. The Bertz CT molecular complexity index is 921. The molecule has 4 rings (SSSR count). The van der Waals surface area contributed by atoms with Crippen LogP contribution in [0.3, 0.4) is 0 Å². The molecule has 2 heterocycles. The van der Waals surface area contributed by atoms with Crippen LogP contribution in [0.15, 0.2) is 41.1 Å². The standard InChI is InChI=1S/C19H20N4O2/c1-12-3-6-14(17-7-8-20-23(17)2)10-15(12)22-19(24)16-11-25-18(21-16)9-13-4-5-13/h3,6-8,10-11,13H,4-5,9H2,1-2H3,(H,22,24). The number of aromatic nitrogens is 3. The Balaban J connectivity index is 1.54. The van der Waals surface area contributed by atoms with E-state index in [-0.39, 0.29) is 5.91 Å². The van der Waals surface area contributed by atoms with Crippen molar-refractivity contribution in [2.75, 3.05) is 5.32 Å². The lowest BCUT2D eigenvalue weighted by molar-refractivity contribution is 0.102. The predicted octanol–water partition coefficient (Wildman–Crippen LogP) is 3.59. The van der Waals surface area contributed by atoms with Crippen LogP contribution in [0, 0.1) is 12.8 Å². The molecular formula is C19H20N4O2. The van der Waals surface area contributed by atoms with Crippen LogP contribution in [-0.2, 0) is 13.5 Å². The third-order valence-electron chi connectivity index (χ3n) is 4.55. The summed E-state index contributed by atoms with van der Waals surface area (Å²) in [4.78, 5) is 16.8. The fourth-order valence-corrected chi connectivity index (χ4v) is 2.84. The molecule has 1 fully saturated rings. The van der Waals surface area contributed by atoms with Gasteiger partial charge in [0.25, 0.3) is 5.91 Å². The van der Waals surface area contributed by atoms with Crippen molar-refractivity contribution >= 4 is 11.6 Å². The molecule has 1 aliphatic carbocycles. The van der Waals surface area contributed by atoms with E-state index in [1.807, 2.05) is 38.2 Å². The second-order valence-corrected chi connectivity index (χ2v) is 6.60. The van der Waals surface area contributed by atoms with Gasteiger partial charge >= 0.3 is 0 Å². The van der Waals surface area contributed by atoms with Crippen molar-refractivity contribution in [1.29, 1.82) is 0 Å². The molecule has 0 bridgehead atoms. The number of aryl methyl sites for hydroxylation is 2. The average Bonchev–Trinajstić information content (AvgIpc) is 3.10. The highest BCUT2D eigenvalue weighted by atomic mass is 16.3. The lowest BCUT2D eigenvalue weighted by Gasteiger charge is -2.10. The molecule has 0 radical (unpaired) electrons. The highest BCUT2D eigenvalue weighted by molar-refractivity contribution is 6.03. The Labute approximate surface area is 145 Å². The number of carbonyl (C=O) groups excluding carboxylic acids is 1. The summed E-state index contributed by atoms with van der Waals surface area (Å²) in [5.41, 5.74) is 4.05. The van der Waals surface area contributed by atoms with Crippen molar-refractivity contribution in [1.82, 2.24) is 14.8 Å². The van der Waals surface area contributed by atoms with Crippen molar-refractivity contribution < 1.29 is 9.21 Å². The van der Waals surface area contributed by atoms with E-state index in [9.17, 15) is 4.79 Å². The van der Waals surface area contributed by atoms with Crippen LogP contribution >= 0.6 is 0 Å². The van der Waals surface area contributed by atoms with Gasteiger partial charge in [0.05, 0.1) is 5.69 Å². The van der Waals surface area contributed by atoms with E-state index < -0.39 is 0 Å². The van der Waals surface area contributed by atoms with Crippen LogP contribution in [0.2, 0.25) is 0 Å². The van der Waals surface area contributed by atoms with Gasteiger partial charge < -0.3 is 9.73 Å². The quantitative estimate of drug-likeness (QED) is 0.773. The van der Waals surface area contributed by atoms with E-state index in [0.29, 0.717) is 17.5 Å². The van der Waals surface area contributed by atoms with E-state index >= 15 is 0 Å². The summed E-state index contributed by atoms with van der Waals surface area (Å²) in [6.07, 6.45) is 6.47. The summed E-state index contributed by atoms with van der Waals surface area (Å²) < 4.78 is 7.22. The van der Waals surface area contributed by atoms with Gasteiger partial charge in [-0.2, -0.15) is 5.10 Å². The summed E-state index contributed by atoms with van der Waals surface area (Å²) in [6.45, 7) is 1.96. The molecule has 1 aromatic carbocycles. The fourth-order valence-electron chi connectivity index (χ4n) is 2.84. The number of anilines is 1. The number of carbonyl (C=O) groups is 1. The van der Waals surface area contributed by atoms with Gasteiger partial charge in [-0.1, -0.05) is 12.1 Å². The third-order valence-corrected chi connectivity index (χ3v) is 4.55. The van der Waals surface area contributed by atoms with Crippen molar-refractivity contribution in [3.8, 4) is 11.3 Å². The van der Waals surface area contributed by atoms with Crippen LogP contribution in [0.1, 0.15) is 34.8 Å². The molecule has 0 saturated heterocycles. The van der Waals surface area contributed by atoms with Gasteiger partial charge in [0.2, 0.25) is 0 Å². The van der Waals surface area contributed by atoms with Gasteiger partial charge in [-0.3, -0.25) is 9.48 Å². The van der Waals surface area contributed by atoms with Gasteiger partial charge in [-0.15, -0.1) is 0 Å². The SMILES string of the molecule is Cc1ccc(-c2ccnn2C)cc1NC(=O)c1coc(CC2CC2)n1. The molecule has 1 amide bonds. The highest BCUT2D eigenvalue weighted by Gasteiger charge is 2.24. The van der Waals surface area contributed by atoms with Gasteiger partial charge in [-0.25, -0.2) is 4.98 Å². The maximum atomic E-state index is 12.5. The van der Waals surface area contributed by atoms with Crippen LogP contribution in [-0.4, -0.2) is 20.7 Å². The normalized spacial score (nSPS) is 13.8. The van der Waals surface area contributed by atoms with Crippen molar-refractivity contribution in [2.24, 2.45) is 13.0 Å². The topological polar surface area (TPSA) is 73.0 Å². The largest absolute Gasteiger partial charge is 0.448 e. The van der Waals surface area contributed by atoms with Crippen LogP contribution in [0.5, 0.6) is 0 Å². The number of amides is 1. The molecule has 6 heteroatoms. The van der Waals surface area contributed by atoms with Crippen LogP contribution in [0.4, 0.5) is 5.69 Å². The predicted molar refractivity (Wildman–Crippen MR) is 94.3 cm³/mol. The minimum absolute atomic E-state index is 0.254. The number of nitrogens with zero attached hydrogens (tertiary/aromatic N) is 3. The minimum atomic E-state index is -0.254. The molecule has 0 unspecified atom stereocenters. The summed E-state index contributed by atoms with van der Waals surface area (Å²) in [5, 5.41) is 7.13. The van der Waals surface area contributed by atoms with E-state index in [1.165, 1.54) is 19.1 Å². The number of benzene rings is 1. The lowest BCUT2D eigenvalue weighted by Crippen LogP contribution is -2.13. The minimum Gasteiger partial charge on any atom is -0.448 e. The third kappa shape index (κ3) is 3.33. The number of oxazole rings is 1. The zero-order chi connectivity index (χ0) is 17.4. The molecule has 0 atom stereocenters.